The van der Waals surface area contributed by atoms with Gasteiger partial charge in [0.2, 0.25) is 5.91 Å². The number of amides is 1. The normalized spacial score (nSPS) is 10.9. The number of pyridine rings is 1. The Morgan fingerprint density at radius 1 is 1.11 bits per heavy atom. The third-order valence-corrected chi connectivity index (χ3v) is 6.43. The van der Waals surface area contributed by atoms with Crippen molar-refractivity contribution in [3.8, 4) is 21.9 Å². The van der Waals surface area contributed by atoms with Crippen molar-refractivity contribution in [2.24, 2.45) is 0 Å². The van der Waals surface area contributed by atoms with Crippen LogP contribution in [0.1, 0.15) is 11.3 Å². The number of thiophene rings is 1. The summed E-state index contributed by atoms with van der Waals surface area (Å²) in [5.74, 6) is 0.375. The van der Waals surface area contributed by atoms with Gasteiger partial charge in [-0.05, 0) is 43.5 Å². The van der Waals surface area contributed by atoms with Crippen molar-refractivity contribution >= 4 is 39.7 Å². The second-order valence-corrected chi connectivity index (χ2v) is 9.16. The fourth-order valence-corrected chi connectivity index (χ4v) is 4.69. The van der Waals surface area contributed by atoms with Crippen molar-refractivity contribution in [1.82, 2.24) is 14.8 Å². The topological polar surface area (TPSA) is 112 Å². The Morgan fingerprint density at radius 2 is 1.92 bits per heavy atom. The third kappa shape index (κ3) is 4.80. The molecule has 0 bridgehead atoms. The fourth-order valence-electron chi connectivity index (χ4n) is 3.93. The van der Waals surface area contributed by atoms with Crippen LogP contribution in [-0.2, 0) is 11.3 Å². The van der Waals surface area contributed by atoms with E-state index in [0.29, 0.717) is 11.4 Å². The second-order valence-electron chi connectivity index (χ2n) is 8.21. The lowest BCUT2D eigenvalue weighted by Crippen LogP contribution is -2.20. The summed E-state index contributed by atoms with van der Waals surface area (Å²) >= 11 is 1.62. The van der Waals surface area contributed by atoms with Crippen LogP contribution in [0.15, 0.2) is 72.2 Å². The summed E-state index contributed by atoms with van der Waals surface area (Å²) in [5.41, 5.74) is 3.48. The minimum absolute atomic E-state index is 0.109. The molecule has 0 aliphatic rings. The molecule has 0 saturated carbocycles. The van der Waals surface area contributed by atoms with Gasteiger partial charge < -0.3 is 10.1 Å². The predicted molar refractivity (Wildman–Crippen MR) is 139 cm³/mol. The summed E-state index contributed by atoms with van der Waals surface area (Å²) < 4.78 is 7.33. The van der Waals surface area contributed by atoms with Crippen LogP contribution in [0.5, 0.6) is 11.5 Å². The van der Waals surface area contributed by atoms with E-state index in [1.165, 1.54) is 16.8 Å². The lowest BCUT2D eigenvalue weighted by Gasteiger charge is -2.10. The highest BCUT2D eigenvalue weighted by atomic mass is 32.1. The molecule has 3 heterocycles. The number of ether oxygens (including phenoxy) is 1. The molecule has 0 unspecified atom stereocenters. The number of rotatable bonds is 7. The molecule has 9 nitrogen and oxygen atoms in total. The van der Waals surface area contributed by atoms with Crippen molar-refractivity contribution in [1.29, 1.82) is 0 Å². The number of carbonyl (C=O) groups excluding carboxylic acids is 1. The van der Waals surface area contributed by atoms with E-state index in [0.717, 1.165) is 27.1 Å². The number of aromatic nitrogens is 3. The second kappa shape index (κ2) is 9.59. The molecule has 10 heteroatoms. The van der Waals surface area contributed by atoms with Crippen LogP contribution in [0, 0.1) is 24.0 Å². The van der Waals surface area contributed by atoms with Gasteiger partial charge >= 0.3 is 0 Å². The Bertz CT molecular complexity index is 1580. The number of nitro benzene ring substituents is 1. The molecule has 3 aromatic heterocycles. The highest BCUT2D eigenvalue weighted by Crippen LogP contribution is 2.33. The van der Waals surface area contributed by atoms with E-state index in [-0.39, 0.29) is 23.7 Å². The predicted octanol–water partition coefficient (Wildman–Crippen LogP) is 6.12. The maximum Gasteiger partial charge on any atom is 0.275 e. The molecule has 0 saturated heterocycles. The smallest absolute Gasteiger partial charge is 0.275 e. The SMILES string of the molecule is Cc1ccc(Oc2cc(NC(=O)Cn3nc(C)c4c(-c5cccs5)ccnc43)cc([N+](=O)[O-])c2)cc1. The monoisotopic (exact) mass is 499 g/mol. The van der Waals surface area contributed by atoms with Crippen LogP contribution in [0.3, 0.4) is 0 Å². The van der Waals surface area contributed by atoms with Crippen LogP contribution >= 0.6 is 11.3 Å². The molecule has 5 aromatic rings. The molecule has 1 amide bonds. The van der Waals surface area contributed by atoms with E-state index in [9.17, 15) is 14.9 Å². The van der Waals surface area contributed by atoms with Gasteiger partial charge in [-0.25, -0.2) is 9.67 Å². The molecular formula is C26H21N5O4S. The summed E-state index contributed by atoms with van der Waals surface area (Å²) in [5, 5.41) is 21.6. The average Bonchev–Trinajstić information content (AvgIpc) is 3.49. The molecule has 0 aliphatic carbocycles. The van der Waals surface area contributed by atoms with E-state index < -0.39 is 10.8 Å². The van der Waals surface area contributed by atoms with Gasteiger partial charge in [-0.3, -0.25) is 14.9 Å². The Balaban J connectivity index is 1.40. The molecular weight excluding hydrogens is 478 g/mol. The Labute approximate surface area is 210 Å². The quantitative estimate of drug-likeness (QED) is 0.213. The van der Waals surface area contributed by atoms with Gasteiger partial charge in [0.25, 0.3) is 5.69 Å². The van der Waals surface area contributed by atoms with E-state index >= 15 is 0 Å². The number of anilines is 1. The first-order valence-electron chi connectivity index (χ1n) is 11.1. The Hall–Kier alpha value is -4.57. The largest absolute Gasteiger partial charge is 0.457 e. The molecule has 2 aromatic carbocycles. The maximum absolute atomic E-state index is 12.9. The van der Waals surface area contributed by atoms with Gasteiger partial charge in [-0.1, -0.05) is 23.8 Å². The number of non-ortho nitro benzene ring substituents is 1. The lowest BCUT2D eigenvalue weighted by atomic mass is 10.1. The van der Waals surface area contributed by atoms with Crippen LogP contribution < -0.4 is 10.1 Å². The summed E-state index contributed by atoms with van der Waals surface area (Å²) in [7, 11) is 0. The fraction of sp³-hybridized carbons (Fsp3) is 0.115. The van der Waals surface area contributed by atoms with E-state index in [4.69, 9.17) is 4.74 Å². The number of nitrogens with one attached hydrogen (secondary N) is 1. The number of aryl methyl sites for hydroxylation is 2. The number of fused-ring (bicyclic) bond motifs is 1. The highest BCUT2D eigenvalue weighted by molar-refractivity contribution is 7.13. The number of nitro groups is 1. The zero-order valence-electron chi connectivity index (χ0n) is 19.5. The third-order valence-electron chi connectivity index (χ3n) is 5.53. The first-order chi connectivity index (χ1) is 17.4. The van der Waals surface area contributed by atoms with Crippen molar-refractivity contribution in [3.63, 3.8) is 0 Å². The van der Waals surface area contributed by atoms with Crippen molar-refractivity contribution in [2.75, 3.05) is 5.32 Å². The standard InChI is InChI=1S/C26H21N5O4S/c1-16-5-7-20(8-6-16)35-21-13-18(12-19(14-21)31(33)34)28-24(32)15-30-26-25(17(2)29-30)22(9-10-27-26)23-4-3-11-36-23/h3-14H,15H2,1-2H3,(H,28,32). The number of nitrogens with zero attached hydrogens (tertiary/aromatic N) is 4. The molecule has 5 rings (SSSR count). The van der Waals surface area contributed by atoms with Crippen molar-refractivity contribution < 1.29 is 14.5 Å². The van der Waals surface area contributed by atoms with Gasteiger partial charge in [-0.2, -0.15) is 5.10 Å². The van der Waals surface area contributed by atoms with Gasteiger partial charge in [0.05, 0.1) is 27.8 Å². The zero-order valence-corrected chi connectivity index (χ0v) is 20.3. The van der Waals surface area contributed by atoms with Crippen LogP contribution in [-0.4, -0.2) is 25.6 Å². The summed E-state index contributed by atoms with van der Waals surface area (Å²) in [4.78, 5) is 29.4. The molecule has 0 spiro atoms. The number of hydrogen-bond acceptors (Lipinski definition) is 7. The van der Waals surface area contributed by atoms with Crippen LogP contribution in [0.25, 0.3) is 21.5 Å². The van der Waals surface area contributed by atoms with Crippen molar-refractivity contribution in [3.05, 3.63) is 93.6 Å². The molecule has 36 heavy (non-hydrogen) atoms. The minimum Gasteiger partial charge on any atom is -0.457 e. The molecule has 180 valence electrons. The highest BCUT2D eigenvalue weighted by Gasteiger charge is 2.18. The lowest BCUT2D eigenvalue weighted by molar-refractivity contribution is -0.384. The summed E-state index contributed by atoms with van der Waals surface area (Å²) in [6.07, 6.45) is 1.70. The van der Waals surface area contributed by atoms with Gasteiger partial charge in [-0.15, -0.1) is 11.3 Å². The number of hydrogen-bond donors (Lipinski definition) is 1. The summed E-state index contributed by atoms with van der Waals surface area (Å²) in [6.45, 7) is 3.72. The van der Waals surface area contributed by atoms with Crippen LogP contribution in [0.4, 0.5) is 11.4 Å². The van der Waals surface area contributed by atoms with Crippen molar-refractivity contribution in [2.45, 2.75) is 20.4 Å². The number of benzene rings is 2. The molecule has 0 atom stereocenters. The summed E-state index contributed by atoms with van der Waals surface area (Å²) in [6, 6.07) is 17.4. The molecule has 0 radical (unpaired) electrons. The van der Waals surface area contributed by atoms with E-state index in [1.54, 1.807) is 35.7 Å². The molecule has 0 fully saturated rings. The first kappa shape index (κ1) is 23.2. The number of carbonyl (C=O) groups is 1. The van der Waals surface area contributed by atoms with Gasteiger partial charge in [0, 0.05) is 28.8 Å². The molecule has 0 aliphatic heterocycles. The average molecular weight is 500 g/mol. The molecule has 1 N–H and O–H groups in total. The maximum atomic E-state index is 12.9. The zero-order chi connectivity index (χ0) is 25.2. The van der Waals surface area contributed by atoms with Gasteiger partial charge in [0.15, 0.2) is 5.65 Å². The Kier molecular flexibility index (Phi) is 6.17. The minimum atomic E-state index is -0.530. The van der Waals surface area contributed by atoms with E-state index in [1.807, 2.05) is 49.6 Å². The Morgan fingerprint density at radius 3 is 2.64 bits per heavy atom. The van der Waals surface area contributed by atoms with Crippen LogP contribution in [0.2, 0.25) is 0 Å². The first-order valence-corrected chi connectivity index (χ1v) is 12.0. The van der Waals surface area contributed by atoms with Gasteiger partial charge in [0.1, 0.15) is 18.0 Å². The van der Waals surface area contributed by atoms with E-state index in [2.05, 4.69) is 15.4 Å².